The van der Waals surface area contributed by atoms with Crippen LogP contribution in [0.5, 0.6) is 0 Å². The van der Waals surface area contributed by atoms with Crippen molar-refractivity contribution in [1.29, 1.82) is 0 Å². The van der Waals surface area contributed by atoms with Crippen LogP contribution in [0.3, 0.4) is 0 Å². The monoisotopic (exact) mass is 178 g/mol. The summed E-state index contributed by atoms with van der Waals surface area (Å²) in [4.78, 5) is 8.60. The molecule has 2 heteroatoms. The molecule has 0 atom stereocenters. The SMILES string of the molecule is CC.CCc1cnc(C2CC2)nc1. The minimum Gasteiger partial charge on any atom is -0.241 e. The average Bonchev–Trinajstić information content (AvgIpc) is 3.05. The van der Waals surface area contributed by atoms with Gasteiger partial charge in [0.25, 0.3) is 0 Å². The van der Waals surface area contributed by atoms with Crippen LogP contribution in [0.15, 0.2) is 12.4 Å². The Kier molecular flexibility index (Phi) is 3.87. The first-order chi connectivity index (χ1) is 6.40. The molecule has 1 saturated carbocycles. The van der Waals surface area contributed by atoms with Crippen molar-refractivity contribution in [3.8, 4) is 0 Å². The minimum absolute atomic E-state index is 0.681. The highest BCUT2D eigenvalue weighted by molar-refractivity contribution is 5.10. The molecule has 1 aliphatic carbocycles. The number of hydrogen-bond acceptors (Lipinski definition) is 2. The standard InChI is InChI=1S/C9H12N2.C2H6/c1-2-7-5-10-9(11-6-7)8-3-4-8;1-2/h5-6,8H,2-4H2,1H3;1-2H3. The first-order valence-electron chi connectivity index (χ1n) is 5.21. The number of aromatic nitrogens is 2. The van der Waals surface area contributed by atoms with Crippen molar-refractivity contribution in [2.75, 3.05) is 0 Å². The van der Waals surface area contributed by atoms with E-state index in [2.05, 4.69) is 16.9 Å². The molecule has 0 N–H and O–H groups in total. The summed E-state index contributed by atoms with van der Waals surface area (Å²) in [6.07, 6.45) is 7.49. The highest BCUT2D eigenvalue weighted by atomic mass is 14.9. The van der Waals surface area contributed by atoms with Gasteiger partial charge in [-0.3, -0.25) is 0 Å². The molecule has 0 aliphatic heterocycles. The Morgan fingerprint density at radius 1 is 1.23 bits per heavy atom. The second kappa shape index (κ2) is 4.95. The molecular formula is C11H18N2. The van der Waals surface area contributed by atoms with Crippen LogP contribution in [0.25, 0.3) is 0 Å². The van der Waals surface area contributed by atoms with E-state index >= 15 is 0 Å². The molecule has 72 valence electrons. The third-order valence-electron chi connectivity index (χ3n) is 2.08. The lowest BCUT2D eigenvalue weighted by atomic mass is 10.3. The maximum Gasteiger partial charge on any atom is 0.131 e. The van der Waals surface area contributed by atoms with E-state index in [-0.39, 0.29) is 0 Å². The lowest BCUT2D eigenvalue weighted by Crippen LogP contribution is -1.92. The topological polar surface area (TPSA) is 25.8 Å². The molecule has 0 aromatic carbocycles. The summed E-state index contributed by atoms with van der Waals surface area (Å²) >= 11 is 0. The molecule has 1 heterocycles. The molecule has 0 bridgehead atoms. The Morgan fingerprint density at radius 2 is 1.77 bits per heavy atom. The highest BCUT2D eigenvalue weighted by Crippen LogP contribution is 2.37. The van der Waals surface area contributed by atoms with E-state index in [0.717, 1.165) is 12.2 Å². The van der Waals surface area contributed by atoms with Gasteiger partial charge < -0.3 is 0 Å². The predicted molar refractivity (Wildman–Crippen MR) is 54.7 cm³/mol. The van der Waals surface area contributed by atoms with Crippen LogP contribution < -0.4 is 0 Å². The first-order valence-corrected chi connectivity index (χ1v) is 5.21. The van der Waals surface area contributed by atoms with Crippen LogP contribution in [-0.2, 0) is 6.42 Å². The van der Waals surface area contributed by atoms with Gasteiger partial charge in [-0.1, -0.05) is 20.8 Å². The van der Waals surface area contributed by atoms with Gasteiger partial charge in [0.2, 0.25) is 0 Å². The lowest BCUT2D eigenvalue weighted by molar-refractivity contribution is 0.903. The Balaban J connectivity index is 0.000000396. The maximum atomic E-state index is 4.30. The molecule has 2 nitrogen and oxygen atoms in total. The van der Waals surface area contributed by atoms with Crippen LogP contribution in [0, 0.1) is 0 Å². The van der Waals surface area contributed by atoms with Crippen LogP contribution in [-0.4, -0.2) is 9.97 Å². The molecular weight excluding hydrogens is 160 g/mol. The number of aryl methyl sites for hydroxylation is 1. The zero-order valence-corrected chi connectivity index (χ0v) is 8.75. The molecule has 13 heavy (non-hydrogen) atoms. The molecule has 0 saturated heterocycles. The van der Waals surface area contributed by atoms with Crippen LogP contribution in [0.4, 0.5) is 0 Å². The summed E-state index contributed by atoms with van der Waals surface area (Å²) in [5, 5.41) is 0. The fourth-order valence-electron chi connectivity index (χ4n) is 1.10. The summed E-state index contributed by atoms with van der Waals surface area (Å²) < 4.78 is 0. The zero-order chi connectivity index (χ0) is 9.68. The van der Waals surface area contributed by atoms with Crippen LogP contribution >= 0.6 is 0 Å². The second-order valence-corrected chi connectivity index (χ2v) is 3.08. The van der Waals surface area contributed by atoms with Crippen molar-refractivity contribution in [1.82, 2.24) is 9.97 Å². The third-order valence-corrected chi connectivity index (χ3v) is 2.08. The van der Waals surface area contributed by atoms with E-state index in [1.807, 2.05) is 26.2 Å². The van der Waals surface area contributed by atoms with Crippen molar-refractivity contribution >= 4 is 0 Å². The summed E-state index contributed by atoms with van der Waals surface area (Å²) in [5.41, 5.74) is 1.23. The molecule has 1 aliphatic rings. The van der Waals surface area contributed by atoms with Gasteiger partial charge in [0.05, 0.1) is 0 Å². The van der Waals surface area contributed by atoms with E-state index < -0.39 is 0 Å². The summed E-state index contributed by atoms with van der Waals surface area (Å²) in [6, 6.07) is 0. The van der Waals surface area contributed by atoms with Gasteiger partial charge in [-0.05, 0) is 24.8 Å². The first kappa shape index (κ1) is 10.2. The summed E-state index contributed by atoms with van der Waals surface area (Å²) in [5.74, 6) is 1.73. The van der Waals surface area contributed by atoms with E-state index in [1.165, 1.54) is 18.4 Å². The second-order valence-electron chi connectivity index (χ2n) is 3.08. The molecule has 1 fully saturated rings. The molecule has 1 aromatic heterocycles. The molecule has 0 unspecified atom stereocenters. The van der Waals surface area contributed by atoms with Crippen LogP contribution in [0.1, 0.15) is 50.9 Å². The van der Waals surface area contributed by atoms with Gasteiger partial charge in [-0.25, -0.2) is 9.97 Å². The van der Waals surface area contributed by atoms with Gasteiger partial charge in [0, 0.05) is 18.3 Å². The smallest absolute Gasteiger partial charge is 0.131 e. The van der Waals surface area contributed by atoms with E-state index in [0.29, 0.717) is 5.92 Å². The minimum atomic E-state index is 0.681. The average molecular weight is 178 g/mol. The largest absolute Gasteiger partial charge is 0.241 e. The summed E-state index contributed by atoms with van der Waals surface area (Å²) in [6.45, 7) is 6.12. The predicted octanol–water partition coefficient (Wildman–Crippen LogP) is 2.94. The number of hydrogen-bond donors (Lipinski definition) is 0. The number of rotatable bonds is 2. The maximum absolute atomic E-state index is 4.30. The molecule has 2 rings (SSSR count). The fourth-order valence-corrected chi connectivity index (χ4v) is 1.10. The Labute approximate surface area is 80.4 Å². The molecule has 1 aromatic rings. The summed E-state index contributed by atoms with van der Waals surface area (Å²) in [7, 11) is 0. The Hall–Kier alpha value is -0.920. The van der Waals surface area contributed by atoms with Crippen molar-refractivity contribution < 1.29 is 0 Å². The van der Waals surface area contributed by atoms with Gasteiger partial charge in [-0.15, -0.1) is 0 Å². The normalized spacial score (nSPS) is 14.7. The van der Waals surface area contributed by atoms with E-state index in [1.54, 1.807) is 0 Å². The van der Waals surface area contributed by atoms with E-state index in [9.17, 15) is 0 Å². The molecule has 0 spiro atoms. The Morgan fingerprint density at radius 3 is 2.15 bits per heavy atom. The highest BCUT2D eigenvalue weighted by Gasteiger charge is 2.25. The number of nitrogens with zero attached hydrogens (tertiary/aromatic N) is 2. The molecule has 0 radical (unpaired) electrons. The van der Waals surface area contributed by atoms with Gasteiger partial charge in [0.15, 0.2) is 0 Å². The van der Waals surface area contributed by atoms with Gasteiger partial charge in [0.1, 0.15) is 5.82 Å². The lowest BCUT2D eigenvalue weighted by Gasteiger charge is -1.96. The third kappa shape index (κ3) is 2.79. The van der Waals surface area contributed by atoms with Crippen molar-refractivity contribution in [3.63, 3.8) is 0 Å². The van der Waals surface area contributed by atoms with Gasteiger partial charge in [-0.2, -0.15) is 0 Å². The zero-order valence-electron chi connectivity index (χ0n) is 8.75. The van der Waals surface area contributed by atoms with E-state index in [4.69, 9.17) is 0 Å². The van der Waals surface area contributed by atoms with Crippen LogP contribution in [0.2, 0.25) is 0 Å². The quantitative estimate of drug-likeness (QED) is 0.695. The molecule has 0 amide bonds. The van der Waals surface area contributed by atoms with Crippen molar-refractivity contribution in [2.24, 2.45) is 0 Å². The van der Waals surface area contributed by atoms with Crippen molar-refractivity contribution in [3.05, 3.63) is 23.8 Å². The van der Waals surface area contributed by atoms with Crippen molar-refractivity contribution in [2.45, 2.75) is 46.0 Å². The van der Waals surface area contributed by atoms with Gasteiger partial charge >= 0.3 is 0 Å². The fraction of sp³-hybridized carbons (Fsp3) is 0.636. The Bertz CT molecular complexity index is 237.